The first kappa shape index (κ1) is 21.6. The van der Waals surface area contributed by atoms with E-state index in [0.717, 1.165) is 15.1 Å². The minimum Gasteiger partial charge on any atom is -0.507 e. The van der Waals surface area contributed by atoms with Crippen LogP contribution < -0.4 is 9.64 Å². The van der Waals surface area contributed by atoms with Crippen LogP contribution >= 0.6 is 34.3 Å². The maximum atomic E-state index is 13.2. The number of hydrogen-bond acceptors (Lipinski definition) is 7. The number of ketones is 1. The molecule has 0 aliphatic carbocycles. The highest BCUT2D eigenvalue weighted by atomic mass is 35.5. The number of anilines is 1. The fourth-order valence-corrected chi connectivity index (χ4v) is 5.87. The number of methoxy groups -OCH3 is 1. The number of thiophene rings is 1. The number of fused-ring (bicyclic) bond motifs is 1. The summed E-state index contributed by atoms with van der Waals surface area (Å²) in [6, 6.07) is 13.3. The predicted molar refractivity (Wildman–Crippen MR) is 131 cm³/mol. The van der Waals surface area contributed by atoms with Gasteiger partial charge in [-0.25, -0.2) is 4.98 Å². The maximum absolute atomic E-state index is 13.2. The molecule has 9 heteroatoms. The summed E-state index contributed by atoms with van der Waals surface area (Å²) in [5.41, 5.74) is 1.95. The van der Waals surface area contributed by atoms with Crippen LogP contribution in [0.1, 0.15) is 22.0 Å². The Hall–Kier alpha value is -3.20. The lowest BCUT2D eigenvalue weighted by Gasteiger charge is -2.21. The number of rotatable bonds is 4. The van der Waals surface area contributed by atoms with Gasteiger partial charge in [0.25, 0.3) is 5.78 Å². The number of amides is 1. The summed E-state index contributed by atoms with van der Waals surface area (Å²) in [5, 5.41) is 14.0. The molecule has 166 valence electrons. The van der Waals surface area contributed by atoms with E-state index < -0.39 is 17.7 Å². The summed E-state index contributed by atoms with van der Waals surface area (Å²) >= 11 is 8.96. The number of carbonyl (C=O) groups is 2. The van der Waals surface area contributed by atoms with Crippen LogP contribution in [0.3, 0.4) is 0 Å². The molecule has 1 amide bonds. The van der Waals surface area contributed by atoms with Crippen molar-refractivity contribution < 1.29 is 19.4 Å². The van der Waals surface area contributed by atoms with Crippen LogP contribution in [0, 0.1) is 6.92 Å². The van der Waals surface area contributed by atoms with Gasteiger partial charge in [0.05, 0.1) is 22.9 Å². The summed E-state index contributed by atoms with van der Waals surface area (Å²) in [4.78, 5) is 33.2. The molecule has 6 nitrogen and oxygen atoms in total. The zero-order valence-corrected chi connectivity index (χ0v) is 19.9. The standard InChI is InChI=1S/C24H17ClN2O4S2/c1-12-9-18-16(11-15(12)25)26-24(33-18)27-20(17-7-4-8-32-17)19(22(29)23(27)30)21(28)13-5-3-6-14(10-13)31-2/h3-11,20,28H,1-2H3/b21-19+. The molecule has 5 rings (SSSR count). The third kappa shape index (κ3) is 3.60. The highest BCUT2D eigenvalue weighted by molar-refractivity contribution is 7.22. The lowest BCUT2D eigenvalue weighted by molar-refractivity contribution is -0.132. The Morgan fingerprint density at radius 1 is 1.18 bits per heavy atom. The summed E-state index contributed by atoms with van der Waals surface area (Å²) < 4.78 is 6.10. The van der Waals surface area contributed by atoms with Crippen molar-refractivity contribution in [2.24, 2.45) is 0 Å². The fourth-order valence-electron chi connectivity index (χ4n) is 3.81. The summed E-state index contributed by atoms with van der Waals surface area (Å²) in [5.74, 6) is -1.23. The molecule has 1 unspecified atom stereocenters. The predicted octanol–water partition coefficient (Wildman–Crippen LogP) is 5.95. The van der Waals surface area contributed by atoms with Crippen LogP contribution in [0.4, 0.5) is 5.13 Å². The van der Waals surface area contributed by atoms with E-state index in [0.29, 0.717) is 27.0 Å². The minimum atomic E-state index is -0.798. The van der Waals surface area contributed by atoms with E-state index in [1.807, 2.05) is 30.5 Å². The van der Waals surface area contributed by atoms with Crippen LogP contribution in [-0.2, 0) is 9.59 Å². The van der Waals surface area contributed by atoms with E-state index in [9.17, 15) is 14.7 Å². The smallest absolute Gasteiger partial charge is 0.301 e. The molecule has 3 heterocycles. The van der Waals surface area contributed by atoms with Crippen molar-refractivity contribution in [3.8, 4) is 5.75 Å². The topological polar surface area (TPSA) is 79.7 Å². The SMILES string of the molecule is COc1cccc(/C(O)=C2\C(=O)C(=O)N(c3nc4cc(Cl)c(C)cc4s3)C2c2cccs2)c1. The van der Waals surface area contributed by atoms with Gasteiger partial charge in [-0.2, -0.15) is 0 Å². The van der Waals surface area contributed by atoms with Crippen molar-refractivity contribution in [2.45, 2.75) is 13.0 Å². The molecule has 1 saturated heterocycles. The zero-order chi connectivity index (χ0) is 23.3. The minimum absolute atomic E-state index is 0.0178. The van der Waals surface area contributed by atoms with Gasteiger partial charge < -0.3 is 9.84 Å². The molecule has 0 spiro atoms. The Morgan fingerprint density at radius 2 is 2.00 bits per heavy atom. The lowest BCUT2D eigenvalue weighted by Crippen LogP contribution is -2.28. The van der Waals surface area contributed by atoms with Crippen molar-refractivity contribution in [1.29, 1.82) is 0 Å². The molecule has 1 aliphatic rings. The van der Waals surface area contributed by atoms with Gasteiger partial charge in [0.1, 0.15) is 17.6 Å². The lowest BCUT2D eigenvalue weighted by atomic mass is 10.00. The highest BCUT2D eigenvalue weighted by Gasteiger charge is 2.48. The van der Waals surface area contributed by atoms with Gasteiger partial charge >= 0.3 is 5.91 Å². The molecule has 1 atom stereocenters. The number of thiazole rings is 1. The largest absolute Gasteiger partial charge is 0.507 e. The first-order valence-electron chi connectivity index (χ1n) is 9.94. The summed E-state index contributed by atoms with van der Waals surface area (Å²) in [7, 11) is 1.52. The number of aliphatic hydroxyl groups excluding tert-OH is 1. The monoisotopic (exact) mass is 496 g/mol. The number of benzene rings is 2. The molecule has 1 fully saturated rings. The van der Waals surface area contributed by atoms with Crippen molar-refractivity contribution in [3.05, 3.63) is 80.5 Å². The highest BCUT2D eigenvalue weighted by Crippen LogP contribution is 2.45. The van der Waals surface area contributed by atoms with E-state index in [-0.39, 0.29) is 11.3 Å². The van der Waals surface area contributed by atoms with E-state index in [1.54, 1.807) is 30.3 Å². The van der Waals surface area contributed by atoms with Crippen LogP contribution in [-0.4, -0.2) is 28.9 Å². The second-order valence-electron chi connectivity index (χ2n) is 7.48. The number of hydrogen-bond donors (Lipinski definition) is 1. The van der Waals surface area contributed by atoms with E-state index in [4.69, 9.17) is 16.3 Å². The van der Waals surface area contributed by atoms with Gasteiger partial charge in [-0.15, -0.1) is 11.3 Å². The Kier molecular flexibility index (Phi) is 5.44. The Labute approximate surface area is 202 Å². The molecule has 2 aromatic heterocycles. The average Bonchev–Trinajstić information content (AvgIpc) is 3.53. The molecular weight excluding hydrogens is 480 g/mol. The number of ether oxygens (including phenoxy) is 1. The third-order valence-corrected chi connectivity index (χ3v) is 7.81. The Bertz CT molecular complexity index is 1400. The van der Waals surface area contributed by atoms with Crippen molar-refractivity contribution in [1.82, 2.24) is 4.98 Å². The van der Waals surface area contributed by atoms with Crippen molar-refractivity contribution in [2.75, 3.05) is 12.0 Å². The van der Waals surface area contributed by atoms with Gasteiger partial charge in [-0.1, -0.05) is 41.1 Å². The average molecular weight is 497 g/mol. The van der Waals surface area contributed by atoms with Crippen LogP contribution in [0.15, 0.2) is 59.5 Å². The number of aromatic nitrogens is 1. The van der Waals surface area contributed by atoms with E-state index in [2.05, 4.69) is 4.98 Å². The molecule has 2 aromatic carbocycles. The number of aliphatic hydroxyl groups is 1. The second kappa shape index (κ2) is 8.30. The summed E-state index contributed by atoms with van der Waals surface area (Å²) in [6.45, 7) is 1.90. The Morgan fingerprint density at radius 3 is 2.73 bits per heavy atom. The van der Waals surface area contributed by atoms with Crippen LogP contribution in [0.5, 0.6) is 5.75 Å². The quantitative estimate of drug-likeness (QED) is 0.214. The van der Waals surface area contributed by atoms with Crippen LogP contribution in [0.2, 0.25) is 5.02 Å². The number of halogens is 1. The first-order valence-corrected chi connectivity index (χ1v) is 12.0. The van der Waals surface area contributed by atoms with Crippen molar-refractivity contribution >= 4 is 67.1 Å². The number of carbonyl (C=O) groups excluding carboxylic acids is 2. The first-order chi connectivity index (χ1) is 15.9. The molecule has 1 N–H and O–H groups in total. The van der Waals surface area contributed by atoms with Crippen molar-refractivity contribution in [3.63, 3.8) is 0 Å². The van der Waals surface area contributed by atoms with Gasteiger partial charge in [0.15, 0.2) is 5.13 Å². The van der Waals surface area contributed by atoms with Gasteiger partial charge in [0, 0.05) is 15.5 Å². The van der Waals surface area contributed by atoms with E-state index in [1.165, 1.54) is 34.7 Å². The number of aryl methyl sites for hydroxylation is 1. The Balaban J connectivity index is 1.71. The van der Waals surface area contributed by atoms with Gasteiger partial charge in [-0.3, -0.25) is 14.5 Å². The molecule has 0 radical (unpaired) electrons. The summed E-state index contributed by atoms with van der Waals surface area (Å²) in [6.07, 6.45) is 0. The molecule has 0 bridgehead atoms. The molecule has 0 saturated carbocycles. The molecule has 33 heavy (non-hydrogen) atoms. The number of Topliss-reactive ketones (excluding diaryl/α,β-unsaturated/α-hetero) is 1. The zero-order valence-electron chi connectivity index (χ0n) is 17.5. The molecule has 1 aliphatic heterocycles. The third-order valence-electron chi connectivity index (χ3n) is 5.46. The van der Waals surface area contributed by atoms with E-state index >= 15 is 0 Å². The second-order valence-corrected chi connectivity index (χ2v) is 9.88. The van der Waals surface area contributed by atoms with Crippen LogP contribution in [0.25, 0.3) is 16.0 Å². The fraction of sp³-hybridized carbons (Fsp3) is 0.125. The molecular formula is C24H17ClN2O4S2. The van der Waals surface area contributed by atoms with Gasteiger partial charge in [-0.05, 0) is 48.2 Å². The molecule has 4 aromatic rings. The normalized spacial score (nSPS) is 17.8. The maximum Gasteiger partial charge on any atom is 0.301 e. The van der Waals surface area contributed by atoms with Gasteiger partial charge in [0.2, 0.25) is 0 Å². The number of nitrogens with zero attached hydrogens (tertiary/aromatic N) is 2.